The van der Waals surface area contributed by atoms with Gasteiger partial charge >= 0.3 is 0 Å². The number of hydrogen-bond donors (Lipinski definition) is 1. The van der Waals surface area contributed by atoms with Gasteiger partial charge in [0.1, 0.15) is 6.04 Å². The molecule has 2 N–H and O–H groups in total. The van der Waals surface area contributed by atoms with E-state index in [1.165, 1.54) is 21.2 Å². The second-order valence-electron chi connectivity index (χ2n) is 6.69. The standard InChI is InChI=1S/C22H20N2O2/c1-15(17-12-6-8-16-7-2-3-9-18(16)17)23-13-14-24-21(25)19-10-4-5-11-20(19)22(24)26/h2-12,15,23H,13-14H2,1H3/p+1/t15-/m1/s1. The molecule has 1 atom stereocenters. The van der Waals surface area contributed by atoms with Crippen LogP contribution in [-0.2, 0) is 0 Å². The van der Waals surface area contributed by atoms with Gasteiger partial charge in [-0.15, -0.1) is 0 Å². The largest absolute Gasteiger partial charge is 0.339 e. The Morgan fingerprint density at radius 3 is 2.19 bits per heavy atom. The third kappa shape index (κ3) is 2.78. The van der Waals surface area contributed by atoms with Crippen LogP contribution in [0.1, 0.15) is 39.2 Å². The number of quaternary nitrogens is 1. The maximum atomic E-state index is 12.4. The van der Waals surface area contributed by atoms with Crippen molar-refractivity contribution in [3.05, 3.63) is 83.4 Å². The van der Waals surface area contributed by atoms with Gasteiger partial charge in [-0.05, 0) is 29.8 Å². The van der Waals surface area contributed by atoms with Gasteiger partial charge in [0.2, 0.25) is 0 Å². The summed E-state index contributed by atoms with van der Waals surface area (Å²) >= 11 is 0. The molecule has 3 aromatic rings. The quantitative estimate of drug-likeness (QED) is 0.723. The Morgan fingerprint density at radius 2 is 1.46 bits per heavy atom. The minimum absolute atomic E-state index is 0.184. The van der Waals surface area contributed by atoms with Crippen LogP contribution < -0.4 is 5.32 Å². The number of imide groups is 1. The lowest BCUT2D eigenvalue weighted by Gasteiger charge is -2.17. The van der Waals surface area contributed by atoms with Crippen LogP contribution in [0.3, 0.4) is 0 Å². The zero-order chi connectivity index (χ0) is 18.1. The number of nitrogens with zero attached hydrogens (tertiary/aromatic N) is 1. The first-order chi connectivity index (χ1) is 12.7. The SMILES string of the molecule is C[C@@H]([NH2+]CCN1C(=O)c2ccccc2C1=O)c1cccc2ccccc12. The van der Waals surface area contributed by atoms with Crippen molar-refractivity contribution in [3.8, 4) is 0 Å². The van der Waals surface area contributed by atoms with Crippen LogP contribution in [0, 0.1) is 0 Å². The highest BCUT2D eigenvalue weighted by Crippen LogP contribution is 2.23. The summed E-state index contributed by atoms with van der Waals surface area (Å²) in [5.41, 5.74) is 2.30. The minimum Gasteiger partial charge on any atom is -0.339 e. The average Bonchev–Trinajstić information content (AvgIpc) is 2.92. The fraction of sp³-hybridized carbons (Fsp3) is 0.182. The highest BCUT2D eigenvalue weighted by Gasteiger charge is 2.35. The summed E-state index contributed by atoms with van der Waals surface area (Å²) in [6, 6.07) is 22.0. The molecule has 0 unspecified atom stereocenters. The molecule has 1 heterocycles. The number of rotatable bonds is 5. The number of fused-ring (bicyclic) bond motifs is 2. The molecular weight excluding hydrogens is 324 g/mol. The molecule has 1 aliphatic rings. The van der Waals surface area contributed by atoms with Crippen molar-refractivity contribution in [2.45, 2.75) is 13.0 Å². The number of carbonyl (C=O) groups is 2. The molecule has 0 saturated carbocycles. The highest BCUT2D eigenvalue weighted by molar-refractivity contribution is 6.21. The van der Waals surface area contributed by atoms with Crippen molar-refractivity contribution in [1.82, 2.24) is 4.90 Å². The van der Waals surface area contributed by atoms with Gasteiger partial charge in [0.05, 0.1) is 24.2 Å². The van der Waals surface area contributed by atoms with Gasteiger partial charge in [0.15, 0.2) is 0 Å². The van der Waals surface area contributed by atoms with E-state index in [0.29, 0.717) is 24.2 Å². The van der Waals surface area contributed by atoms with Gasteiger partial charge in [-0.1, -0.05) is 54.6 Å². The van der Waals surface area contributed by atoms with E-state index in [2.05, 4.69) is 48.6 Å². The Morgan fingerprint density at radius 1 is 0.846 bits per heavy atom. The summed E-state index contributed by atoms with van der Waals surface area (Å²) in [6.45, 7) is 3.25. The molecule has 0 fully saturated rings. The van der Waals surface area contributed by atoms with Gasteiger partial charge in [0.25, 0.3) is 11.8 Å². The van der Waals surface area contributed by atoms with Crippen LogP contribution in [0.15, 0.2) is 66.7 Å². The first kappa shape index (κ1) is 16.5. The highest BCUT2D eigenvalue weighted by atomic mass is 16.2. The summed E-state index contributed by atoms with van der Waals surface area (Å²) in [5.74, 6) is -0.367. The summed E-state index contributed by atoms with van der Waals surface area (Å²) in [5, 5.41) is 4.66. The van der Waals surface area contributed by atoms with Gasteiger partial charge in [-0.25, -0.2) is 0 Å². The average molecular weight is 345 g/mol. The molecule has 0 spiro atoms. The molecule has 4 rings (SSSR count). The van der Waals surface area contributed by atoms with E-state index in [0.717, 1.165) is 0 Å². The number of hydrogen-bond acceptors (Lipinski definition) is 2. The lowest BCUT2D eigenvalue weighted by molar-refractivity contribution is -0.691. The Bertz CT molecular complexity index is 956. The van der Waals surface area contributed by atoms with E-state index in [-0.39, 0.29) is 17.9 Å². The maximum Gasteiger partial charge on any atom is 0.261 e. The normalized spacial score (nSPS) is 14.7. The van der Waals surface area contributed by atoms with Crippen LogP contribution in [0.5, 0.6) is 0 Å². The molecule has 0 aliphatic carbocycles. The van der Waals surface area contributed by atoms with Crippen LogP contribution in [0.4, 0.5) is 0 Å². The molecule has 0 aromatic heterocycles. The predicted molar refractivity (Wildman–Crippen MR) is 101 cm³/mol. The second-order valence-corrected chi connectivity index (χ2v) is 6.69. The van der Waals surface area contributed by atoms with Crippen molar-refractivity contribution in [1.29, 1.82) is 0 Å². The van der Waals surface area contributed by atoms with Gasteiger partial charge in [-0.3, -0.25) is 14.5 Å². The van der Waals surface area contributed by atoms with Crippen molar-refractivity contribution >= 4 is 22.6 Å². The number of amides is 2. The Hall–Kier alpha value is -2.98. The smallest absolute Gasteiger partial charge is 0.261 e. The van der Waals surface area contributed by atoms with Crippen molar-refractivity contribution in [2.24, 2.45) is 0 Å². The summed E-state index contributed by atoms with van der Waals surface area (Å²) in [7, 11) is 0. The molecule has 26 heavy (non-hydrogen) atoms. The van der Waals surface area contributed by atoms with Crippen LogP contribution in [-0.4, -0.2) is 29.8 Å². The van der Waals surface area contributed by atoms with Gasteiger partial charge in [0, 0.05) is 5.56 Å². The van der Waals surface area contributed by atoms with E-state index >= 15 is 0 Å². The second kappa shape index (κ2) is 6.73. The van der Waals surface area contributed by atoms with E-state index < -0.39 is 0 Å². The van der Waals surface area contributed by atoms with Gasteiger partial charge < -0.3 is 5.32 Å². The van der Waals surface area contributed by atoms with Crippen LogP contribution in [0.2, 0.25) is 0 Å². The summed E-state index contributed by atoms with van der Waals surface area (Å²) in [6.07, 6.45) is 0. The lowest BCUT2D eigenvalue weighted by atomic mass is 10.00. The Labute approximate surface area is 152 Å². The Kier molecular flexibility index (Phi) is 4.27. The molecule has 4 heteroatoms. The molecular formula is C22H21N2O2+. The number of carbonyl (C=O) groups excluding carboxylic acids is 2. The molecule has 130 valence electrons. The monoisotopic (exact) mass is 345 g/mol. The molecule has 0 radical (unpaired) electrons. The number of benzene rings is 3. The molecule has 3 aromatic carbocycles. The molecule has 2 amide bonds. The molecule has 4 nitrogen and oxygen atoms in total. The Balaban J connectivity index is 1.44. The van der Waals surface area contributed by atoms with E-state index in [1.54, 1.807) is 24.3 Å². The maximum absolute atomic E-state index is 12.4. The fourth-order valence-corrected chi connectivity index (χ4v) is 3.67. The van der Waals surface area contributed by atoms with E-state index in [9.17, 15) is 9.59 Å². The number of nitrogens with two attached hydrogens (primary N) is 1. The topological polar surface area (TPSA) is 54.0 Å². The summed E-state index contributed by atoms with van der Waals surface area (Å²) < 4.78 is 0. The van der Waals surface area contributed by atoms with Crippen LogP contribution in [0.25, 0.3) is 10.8 Å². The molecule has 0 saturated heterocycles. The lowest BCUT2D eigenvalue weighted by Crippen LogP contribution is -2.86. The predicted octanol–water partition coefficient (Wildman–Crippen LogP) is 2.76. The minimum atomic E-state index is -0.184. The summed E-state index contributed by atoms with van der Waals surface area (Å²) in [4.78, 5) is 26.2. The van der Waals surface area contributed by atoms with E-state index in [4.69, 9.17) is 0 Å². The molecule has 1 aliphatic heterocycles. The van der Waals surface area contributed by atoms with Crippen molar-refractivity contribution < 1.29 is 14.9 Å². The zero-order valence-corrected chi connectivity index (χ0v) is 14.7. The van der Waals surface area contributed by atoms with E-state index in [1.807, 2.05) is 6.07 Å². The third-order valence-electron chi connectivity index (χ3n) is 5.07. The zero-order valence-electron chi connectivity index (χ0n) is 14.7. The van der Waals surface area contributed by atoms with Crippen LogP contribution >= 0.6 is 0 Å². The van der Waals surface area contributed by atoms with Gasteiger partial charge in [-0.2, -0.15) is 0 Å². The first-order valence-electron chi connectivity index (χ1n) is 8.93. The fourth-order valence-electron chi connectivity index (χ4n) is 3.67. The van der Waals surface area contributed by atoms with Crippen molar-refractivity contribution in [3.63, 3.8) is 0 Å². The van der Waals surface area contributed by atoms with Crippen molar-refractivity contribution in [2.75, 3.05) is 13.1 Å². The first-order valence-corrected chi connectivity index (χ1v) is 8.93. The third-order valence-corrected chi connectivity index (χ3v) is 5.07. The molecule has 0 bridgehead atoms.